The molecule has 1 heterocycles. The maximum Gasteiger partial charge on any atom is 0.279 e. The van der Waals surface area contributed by atoms with E-state index in [1.165, 1.54) is 11.3 Å². The van der Waals surface area contributed by atoms with Gasteiger partial charge in [-0.2, -0.15) is 4.99 Å². The molecule has 0 spiro atoms. The van der Waals surface area contributed by atoms with Crippen LogP contribution in [0.5, 0.6) is 11.5 Å². The van der Waals surface area contributed by atoms with Gasteiger partial charge in [0.15, 0.2) is 4.80 Å². The Morgan fingerprint density at radius 2 is 1.71 bits per heavy atom. The molecule has 0 aliphatic heterocycles. The van der Waals surface area contributed by atoms with E-state index in [9.17, 15) is 4.79 Å². The maximum atomic E-state index is 12.7. The van der Waals surface area contributed by atoms with Crippen LogP contribution in [0.2, 0.25) is 5.02 Å². The number of carbonyl (C=O) groups is 1. The summed E-state index contributed by atoms with van der Waals surface area (Å²) in [6.45, 7) is 2.69. The van der Waals surface area contributed by atoms with Gasteiger partial charge >= 0.3 is 0 Å². The van der Waals surface area contributed by atoms with Crippen molar-refractivity contribution in [1.82, 2.24) is 4.57 Å². The Bertz CT molecular complexity index is 1190. The molecule has 0 fully saturated rings. The number of amides is 1. The highest BCUT2D eigenvalue weighted by molar-refractivity contribution is 7.16. The molecule has 4 rings (SSSR count). The predicted molar refractivity (Wildman–Crippen MR) is 113 cm³/mol. The number of para-hydroxylation sites is 2. The van der Waals surface area contributed by atoms with Crippen LogP contribution in [0.1, 0.15) is 17.3 Å². The Kier molecular flexibility index (Phi) is 5.28. The lowest BCUT2D eigenvalue weighted by Gasteiger charge is -2.05. The summed E-state index contributed by atoms with van der Waals surface area (Å²) in [6.07, 6.45) is 0. The second-order valence-corrected chi connectivity index (χ2v) is 7.49. The molecule has 4 nitrogen and oxygen atoms in total. The molecule has 140 valence electrons. The molecule has 4 aromatic rings. The molecule has 0 saturated heterocycles. The van der Waals surface area contributed by atoms with Gasteiger partial charge in [-0.25, -0.2) is 0 Å². The van der Waals surface area contributed by atoms with Crippen molar-refractivity contribution < 1.29 is 9.53 Å². The SMILES string of the molecule is CCn1c(=NC(=O)c2ccc(Oc3ccccc3)cc2)sc2cccc(Cl)c21. The summed E-state index contributed by atoms with van der Waals surface area (Å²) < 4.78 is 8.73. The lowest BCUT2D eigenvalue weighted by molar-refractivity contribution is 0.0998. The van der Waals surface area contributed by atoms with Gasteiger partial charge in [-0.15, -0.1) is 0 Å². The zero-order valence-electron chi connectivity index (χ0n) is 15.1. The van der Waals surface area contributed by atoms with Gasteiger partial charge in [0.2, 0.25) is 0 Å². The molecule has 0 atom stereocenters. The zero-order valence-corrected chi connectivity index (χ0v) is 16.7. The molecular formula is C22H17ClN2O2S. The Balaban J connectivity index is 1.63. The Hall–Kier alpha value is -2.89. The quantitative estimate of drug-likeness (QED) is 0.421. The first kappa shape index (κ1) is 18.5. The van der Waals surface area contributed by atoms with E-state index >= 15 is 0 Å². The van der Waals surface area contributed by atoms with E-state index in [0.29, 0.717) is 27.7 Å². The number of fused-ring (bicyclic) bond motifs is 1. The van der Waals surface area contributed by atoms with Gasteiger partial charge in [0.05, 0.1) is 15.2 Å². The highest BCUT2D eigenvalue weighted by atomic mass is 35.5. The third kappa shape index (κ3) is 3.72. The van der Waals surface area contributed by atoms with Crippen LogP contribution >= 0.6 is 22.9 Å². The fraction of sp³-hybridized carbons (Fsp3) is 0.0909. The standard InChI is InChI=1S/C22H17ClN2O2S/c1-2-25-20-18(23)9-6-10-19(20)28-22(25)24-21(26)15-11-13-17(14-12-15)27-16-7-4-3-5-8-16/h3-14H,2H2,1H3. The molecule has 0 saturated carbocycles. The molecule has 3 aromatic carbocycles. The van der Waals surface area contributed by atoms with E-state index in [0.717, 1.165) is 16.0 Å². The average molecular weight is 409 g/mol. The van der Waals surface area contributed by atoms with Crippen molar-refractivity contribution in [3.63, 3.8) is 0 Å². The molecule has 0 aliphatic carbocycles. The van der Waals surface area contributed by atoms with Crippen molar-refractivity contribution in [2.75, 3.05) is 0 Å². The topological polar surface area (TPSA) is 43.6 Å². The predicted octanol–water partition coefficient (Wildman–Crippen LogP) is 5.91. The number of halogens is 1. The number of aromatic nitrogens is 1. The average Bonchev–Trinajstić information content (AvgIpc) is 3.07. The first-order valence-corrected chi connectivity index (χ1v) is 10.0. The van der Waals surface area contributed by atoms with Crippen molar-refractivity contribution in [3.8, 4) is 11.5 Å². The number of hydrogen-bond acceptors (Lipinski definition) is 3. The molecule has 1 amide bonds. The van der Waals surface area contributed by atoms with E-state index in [-0.39, 0.29) is 5.91 Å². The van der Waals surface area contributed by atoms with Gasteiger partial charge < -0.3 is 9.30 Å². The number of benzene rings is 3. The summed E-state index contributed by atoms with van der Waals surface area (Å²) in [5, 5.41) is 0.659. The van der Waals surface area contributed by atoms with Gasteiger partial charge in [0.1, 0.15) is 11.5 Å². The smallest absolute Gasteiger partial charge is 0.279 e. The van der Waals surface area contributed by atoms with Crippen LogP contribution < -0.4 is 9.54 Å². The molecule has 0 aliphatic rings. The number of rotatable bonds is 4. The summed E-state index contributed by atoms with van der Waals surface area (Å²) >= 11 is 7.79. The van der Waals surface area contributed by atoms with Gasteiger partial charge in [0.25, 0.3) is 5.91 Å². The highest BCUT2D eigenvalue weighted by Crippen LogP contribution is 2.25. The van der Waals surface area contributed by atoms with Crippen LogP contribution in [0, 0.1) is 0 Å². The molecule has 0 unspecified atom stereocenters. The molecule has 1 aromatic heterocycles. The summed E-state index contributed by atoms with van der Waals surface area (Å²) in [7, 11) is 0. The summed E-state index contributed by atoms with van der Waals surface area (Å²) in [5.74, 6) is 1.12. The Morgan fingerprint density at radius 1 is 1.00 bits per heavy atom. The fourth-order valence-corrected chi connectivity index (χ4v) is 4.36. The zero-order chi connectivity index (χ0) is 19.5. The molecular weight excluding hydrogens is 392 g/mol. The second kappa shape index (κ2) is 8.00. The van der Waals surface area contributed by atoms with Gasteiger partial charge in [0, 0.05) is 12.1 Å². The summed E-state index contributed by atoms with van der Waals surface area (Å²) in [4.78, 5) is 17.6. The lowest BCUT2D eigenvalue weighted by atomic mass is 10.2. The number of ether oxygens (including phenoxy) is 1. The Labute approximate surface area is 171 Å². The third-order valence-electron chi connectivity index (χ3n) is 4.25. The van der Waals surface area contributed by atoms with Gasteiger partial charge in [-0.1, -0.05) is 47.2 Å². The summed E-state index contributed by atoms with van der Waals surface area (Å²) in [5.41, 5.74) is 1.42. The van der Waals surface area contributed by atoms with Crippen molar-refractivity contribution >= 4 is 39.1 Å². The number of nitrogens with zero attached hydrogens (tertiary/aromatic N) is 2. The monoisotopic (exact) mass is 408 g/mol. The van der Waals surface area contributed by atoms with Crippen LogP contribution in [0.4, 0.5) is 0 Å². The normalized spacial score (nSPS) is 11.7. The number of carbonyl (C=O) groups excluding carboxylic acids is 1. The minimum Gasteiger partial charge on any atom is -0.457 e. The van der Waals surface area contributed by atoms with Crippen LogP contribution in [-0.2, 0) is 6.54 Å². The second-order valence-electron chi connectivity index (χ2n) is 6.07. The van der Waals surface area contributed by atoms with E-state index in [2.05, 4.69) is 4.99 Å². The van der Waals surface area contributed by atoms with E-state index in [1.807, 2.05) is 60.0 Å². The van der Waals surface area contributed by atoms with Crippen LogP contribution in [0.3, 0.4) is 0 Å². The van der Waals surface area contributed by atoms with E-state index in [1.54, 1.807) is 24.3 Å². The van der Waals surface area contributed by atoms with Crippen LogP contribution in [-0.4, -0.2) is 10.5 Å². The van der Waals surface area contributed by atoms with Crippen molar-refractivity contribution in [2.24, 2.45) is 4.99 Å². The van der Waals surface area contributed by atoms with Crippen molar-refractivity contribution in [1.29, 1.82) is 0 Å². The maximum absolute atomic E-state index is 12.7. The molecule has 0 N–H and O–H groups in total. The van der Waals surface area contributed by atoms with Crippen LogP contribution in [0.15, 0.2) is 77.8 Å². The highest BCUT2D eigenvalue weighted by Gasteiger charge is 2.11. The van der Waals surface area contributed by atoms with Gasteiger partial charge in [-0.05, 0) is 55.5 Å². The minimum absolute atomic E-state index is 0.295. The van der Waals surface area contributed by atoms with Crippen molar-refractivity contribution in [2.45, 2.75) is 13.5 Å². The molecule has 0 bridgehead atoms. The number of hydrogen-bond donors (Lipinski definition) is 0. The van der Waals surface area contributed by atoms with Crippen molar-refractivity contribution in [3.05, 3.63) is 88.2 Å². The first-order valence-electron chi connectivity index (χ1n) is 8.85. The fourth-order valence-electron chi connectivity index (χ4n) is 2.91. The third-order valence-corrected chi connectivity index (χ3v) is 5.59. The number of aryl methyl sites for hydroxylation is 1. The summed E-state index contributed by atoms with van der Waals surface area (Å²) in [6, 6.07) is 22.2. The lowest BCUT2D eigenvalue weighted by Crippen LogP contribution is -2.16. The van der Waals surface area contributed by atoms with Crippen LogP contribution in [0.25, 0.3) is 10.2 Å². The molecule has 28 heavy (non-hydrogen) atoms. The first-order chi connectivity index (χ1) is 13.7. The number of thiazole rings is 1. The molecule has 0 radical (unpaired) electrons. The van der Waals surface area contributed by atoms with Gasteiger partial charge in [-0.3, -0.25) is 4.79 Å². The largest absolute Gasteiger partial charge is 0.457 e. The van der Waals surface area contributed by atoms with E-state index < -0.39 is 0 Å². The van der Waals surface area contributed by atoms with E-state index in [4.69, 9.17) is 16.3 Å². The molecule has 6 heteroatoms. The Morgan fingerprint density at radius 3 is 2.43 bits per heavy atom. The minimum atomic E-state index is -0.295.